The smallest absolute Gasteiger partial charge is 0.209 e. The van der Waals surface area contributed by atoms with Crippen molar-refractivity contribution in [1.29, 1.82) is 5.26 Å². The first-order valence-electron chi connectivity index (χ1n) is 5.47. The summed E-state index contributed by atoms with van der Waals surface area (Å²) >= 11 is 0. The Hall–Kier alpha value is -1.82. The van der Waals surface area contributed by atoms with Gasteiger partial charge in [0, 0.05) is 13.1 Å². The van der Waals surface area contributed by atoms with Crippen molar-refractivity contribution in [1.82, 2.24) is 4.90 Å². The van der Waals surface area contributed by atoms with Crippen LogP contribution in [-0.4, -0.2) is 24.4 Å². The average Bonchev–Trinajstić information content (AvgIpc) is 2.40. The number of benzene rings is 1. The minimum absolute atomic E-state index is 0.402. The normalized spacial score (nSPS) is 18.8. The lowest BCUT2D eigenvalue weighted by Crippen LogP contribution is -2.41. The Bertz CT molecular complexity index is 400. The highest BCUT2D eigenvalue weighted by molar-refractivity contribution is 5.48. The molecule has 3 heteroatoms. The first-order valence-corrected chi connectivity index (χ1v) is 5.47. The van der Waals surface area contributed by atoms with E-state index in [1.165, 1.54) is 0 Å². The van der Waals surface area contributed by atoms with Gasteiger partial charge in [0.05, 0.1) is 11.5 Å². The van der Waals surface area contributed by atoms with E-state index in [2.05, 4.69) is 6.07 Å². The van der Waals surface area contributed by atoms with E-state index < -0.39 is 5.41 Å². The van der Waals surface area contributed by atoms with Crippen molar-refractivity contribution < 1.29 is 4.79 Å². The van der Waals surface area contributed by atoms with E-state index in [0.29, 0.717) is 13.1 Å². The molecule has 3 nitrogen and oxygen atoms in total. The highest BCUT2D eigenvalue weighted by Crippen LogP contribution is 2.34. The lowest BCUT2D eigenvalue weighted by molar-refractivity contribution is -0.119. The predicted molar refractivity (Wildman–Crippen MR) is 60.6 cm³/mol. The highest BCUT2D eigenvalue weighted by Gasteiger charge is 2.35. The molecule has 1 heterocycles. The predicted octanol–water partition coefficient (Wildman–Crippen LogP) is 1.70. The van der Waals surface area contributed by atoms with Gasteiger partial charge in [0.25, 0.3) is 0 Å². The molecule has 0 aromatic heterocycles. The first-order chi connectivity index (χ1) is 7.80. The van der Waals surface area contributed by atoms with E-state index in [4.69, 9.17) is 0 Å². The lowest BCUT2D eigenvalue weighted by atomic mass is 9.74. The number of carbonyl (C=O) groups is 1. The number of nitriles is 1. The summed E-state index contributed by atoms with van der Waals surface area (Å²) in [7, 11) is 0. The number of rotatable bonds is 2. The van der Waals surface area contributed by atoms with E-state index in [0.717, 1.165) is 24.8 Å². The van der Waals surface area contributed by atoms with Gasteiger partial charge in [0.15, 0.2) is 0 Å². The molecule has 82 valence electrons. The summed E-state index contributed by atoms with van der Waals surface area (Å²) in [6.45, 7) is 1.35. The number of amides is 1. The first kappa shape index (κ1) is 10.7. The van der Waals surface area contributed by atoms with Crippen LogP contribution in [0.2, 0.25) is 0 Å². The van der Waals surface area contributed by atoms with Crippen LogP contribution in [-0.2, 0) is 10.2 Å². The van der Waals surface area contributed by atoms with Crippen LogP contribution in [0.5, 0.6) is 0 Å². The van der Waals surface area contributed by atoms with Crippen LogP contribution in [0.1, 0.15) is 18.4 Å². The molecule has 0 N–H and O–H groups in total. The van der Waals surface area contributed by atoms with Gasteiger partial charge in [-0.25, -0.2) is 0 Å². The fraction of sp³-hybridized carbons (Fsp3) is 0.385. The molecule has 0 aliphatic carbocycles. The molecule has 16 heavy (non-hydrogen) atoms. The summed E-state index contributed by atoms with van der Waals surface area (Å²) in [6.07, 6.45) is 2.32. The quantitative estimate of drug-likeness (QED) is 0.703. The summed E-state index contributed by atoms with van der Waals surface area (Å²) in [5.74, 6) is 0. The third-order valence-electron chi connectivity index (χ3n) is 3.34. The highest BCUT2D eigenvalue weighted by atomic mass is 16.1. The van der Waals surface area contributed by atoms with Gasteiger partial charge in [-0.2, -0.15) is 5.26 Å². The molecular weight excluding hydrogens is 200 g/mol. The van der Waals surface area contributed by atoms with Crippen molar-refractivity contribution in [3.8, 4) is 6.07 Å². The van der Waals surface area contributed by atoms with Crippen molar-refractivity contribution in [2.75, 3.05) is 13.1 Å². The molecule has 1 aliphatic rings. The molecule has 0 saturated carbocycles. The second-order valence-electron chi connectivity index (χ2n) is 4.20. The standard InChI is InChI=1S/C13H14N2O/c14-10-13(12-4-2-1-3-5-12)6-8-15(11-16)9-7-13/h1-5,11H,6-9H2. The number of piperidine rings is 1. The molecule has 0 unspecified atom stereocenters. The Morgan fingerprint density at radius 2 is 1.88 bits per heavy atom. The largest absolute Gasteiger partial charge is 0.345 e. The van der Waals surface area contributed by atoms with E-state index in [1.807, 2.05) is 30.3 Å². The zero-order valence-electron chi connectivity index (χ0n) is 9.10. The SMILES string of the molecule is N#CC1(c2ccccc2)CCN(C=O)CC1. The minimum atomic E-state index is -0.402. The second-order valence-corrected chi connectivity index (χ2v) is 4.20. The molecular formula is C13H14N2O. The summed E-state index contributed by atoms with van der Waals surface area (Å²) in [4.78, 5) is 12.4. The van der Waals surface area contributed by atoms with Gasteiger partial charge < -0.3 is 4.90 Å². The van der Waals surface area contributed by atoms with E-state index in [-0.39, 0.29) is 0 Å². The number of hydrogen-bond acceptors (Lipinski definition) is 2. The molecule has 0 bridgehead atoms. The van der Waals surface area contributed by atoms with Gasteiger partial charge in [0.1, 0.15) is 0 Å². The monoisotopic (exact) mass is 214 g/mol. The van der Waals surface area contributed by atoms with Crippen LogP contribution in [0.15, 0.2) is 30.3 Å². The van der Waals surface area contributed by atoms with Gasteiger partial charge in [0.2, 0.25) is 6.41 Å². The summed E-state index contributed by atoms with van der Waals surface area (Å²) in [6, 6.07) is 12.3. The van der Waals surface area contributed by atoms with Gasteiger partial charge >= 0.3 is 0 Å². The fourth-order valence-corrected chi connectivity index (χ4v) is 2.23. The summed E-state index contributed by atoms with van der Waals surface area (Å²) in [5, 5.41) is 9.40. The molecule has 1 aliphatic heterocycles. The average molecular weight is 214 g/mol. The molecule has 1 fully saturated rings. The van der Waals surface area contributed by atoms with Crippen molar-refractivity contribution in [3.05, 3.63) is 35.9 Å². The van der Waals surface area contributed by atoms with Crippen molar-refractivity contribution in [3.63, 3.8) is 0 Å². The minimum Gasteiger partial charge on any atom is -0.345 e. The maximum Gasteiger partial charge on any atom is 0.209 e. The Kier molecular flexibility index (Phi) is 2.91. The molecule has 0 radical (unpaired) electrons. The lowest BCUT2D eigenvalue weighted by Gasteiger charge is -2.35. The third-order valence-corrected chi connectivity index (χ3v) is 3.34. The Balaban J connectivity index is 2.23. The number of nitrogens with zero attached hydrogens (tertiary/aromatic N) is 2. The number of hydrogen-bond donors (Lipinski definition) is 0. The zero-order chi connectivity index (χ0) is 11.4. The molecule has 1 aromatic carbocycles. The molecule has 0 atom stereocenters. The topological polar surface area (TPSA) is 44.1 Å². The second kappa shape index (κ2) is 4.36. The third kappa shape index (κ3) is 1.79. The van der Waals surface area contributed by atoms with Crippen LogP contribution >= 0.6 is 0 Å². The van der Waals surface area contributed by atoms with Gasteiger partial charge in [-0.3, -0.25) is 4.79 Å². The van der Waals surface area contributed by atoms with Crippen LogP contribution in [0.4, 0.5) is 0 Å². The van der Waals surface area contributed by atoms with Gasteiger partial charge in [-0.1, -0.05) is 30.3 Å². The molecule has 1 saturated heterocycles. The molecule has 1 aromatic rings. The molecule has 0 spiro atoms. The van der Waals surface area contributed by atoms with E-state index >= 15 is 0 Å². The number of likely N-dealkylation sites (tertiary alicyclic amines) is 1. The Labute approximate surface area is 95.3 Å². The van der Waals surface area contributed by atoms with Crippen LogP contribution in [0.3, 0.4) is 0 Å². The maximum atomic E-state index is 10.6. The van der Waals surface area contributed by atoms with Crippen LogP contribution in [0.25, 0.3) is 0 Å². The summed E-state index contributed by atoms with van der Waals surface area (Å²) < 4.78 is 0. The molecule has 1 amide bonds. The van der Waals surface area contributed by atoms with Crippen molar-refractivity contribution >= 4 is 6.41 Å². The van der Waals surface area contributed by atoms with Gasteiger partial charge in [-0.15, -0.1) is 0 Å². The van der Waals surface area contributed by atoms with Crippen molar-refractivity contribution in [2.45, 2.75) is 18.3 Å². The maximum absolute atomic E-state index is 10.6. The Morgan fingerprint density at radius 3 is 2.38 bits per heavy atom. The number of carbonyl (C=O) groups excluding carboxylic acids is 1. The van der Waals surface area contributed by atoms with Gasteiger partial charge in [-0.05, 0) is 18.4 Å². The van der Waals surface area contributed by atoms with Crippen LogP contribution < -0.4 is 0 Å². The Morgan fingerprint density at radius 1 is 1.25 bits per heavy atom. The van der Waals surface area contributed by atoms with Crippen molar-refractivity contribution in [2.24, 2.45) is 0 Å². The van der Waals surface area contributed by atoms with Crippen LogP contribution in [0, 0.1) is 11.3 Å². The summed E-state index contributed by atoms with van der Waals surface area (Å²) in [5.41, 5.74) is 0.670. The van der Waals surface area contributed by atoms with E-state index in [9.17, 15) is 10.1 Å². The fourth-order valence-electron chi connectivity index (χ4n) is 2.23. The zero-order valence-corrected chi connectivity index (χ0v) is 9.10. The van der Waals surface area contributed by atoms with E-state index in [1.54, 1.807) is 4.90 Å². The molecule has 2 rings (SSSR count).